The Labute approximate surface area is 187 Å². The van der Waals surface area contributed by atoms with Crippen molar-refractivity contribution in [3.05, 3.63) is 75.3 Å². The number of nitrogens with zero attached hydrogens (tertiary/aromatic N) is 4. The lowest BCUT2D eigenvalue weighted by molar-refractivity contribution is 0.495. The number of benzene rings is 1. The number of pyridine rings is 1. The zero-order valence-corrected chi connectivity index (χ0v) is 19.1. The molecule has 4 aromatic rings. The second-order valence-electron chi connectivity index (χ2n) is 9.29. The van der Waals surface area contributed by atoms with Gasteiger partial charge in [-0.1, -0.05) is 32.9 Å². The SMILES string of the molecule is Cc1oc(-c2ccc(C(C)C)cc2)nc1Cn1cnc2nc3c(cc2c1=O)CC(C)CC3. The van der Waals surface area contributed by atoms with E-state index in [1.807, 2.05) is 25.1 Å². The van der Waals surface area contributed by atoms with Crippen molar-refractivity contribution in [2.75, 3.05) is 0 Å². The van der Waals surface area contributed by atoms with Gasteiger partial charge in [-0.2, -0.15) is 0 Å². The second kappa shape index (κ2) is 8.01. The smallest absolute Gasteiger partial charge is 0.263 e. The van der Waals surface area contributed by atoms with Gasteiger partial charge in [-0.3, -0.25) is 9.36 Å². The predicted octanol–water partition coefficient (Wildman–Crippen LogP) is 5.05. The number of rotatable bonds is 4. The first-order valence-electron chi connectivity index (χ1n) is 11.3. The van der Waals surface area contributed by atoms with Crippen LogP contribution < -0.4 is 5.56 Å². The molecule has 3 heterocycles. The van der Waals surface area contributed by atoms with Gasteiger partial charge in [0.05, 0.1) is 11.9 Å². The molecular formula is C26H28N4O2. The molecule has 1 unspecified atom stereocenters. The topological polar surface area (TPSA) is 73.8 Å². The van der Waals surface area contributed by atoms with Gasteiger partial charge < -0.3 is 4.42 Å². The van der Waals surface area contributed by atoms with Gasteiger partial charge in [-0.05, 0) is 67.3 Å². The zero-order valence-electron chi connectivity index (χ0n) is 19.1. The quantitative estimate of drug-likeness (QED) is 0.455. The third-order valence-corrected chi connectivity index (χ3v) is 6.46. The molecule has 6 nitrogen and oxygen atoms in total. The molecule has 1 aliphatic carbocycles. The molecule has 1 atom stereocenters. The molecule has 1 aliphatic rings. The average Bonchev–Trinajstić information content (AvgIpc) is 3.15. The maximum atomic E-state index is 13.2. The van der Waals surface area contributed by atoms with Crippen LogP contribution in [-0.2, 0) is 19.4 Å². The van der Waals surface area contributed by atoms with E-state index in [1.165, 1.54) is 11.1 Å². The molecular weight excluding hydrogens is 400 g/mol. The number of hydrogen-bond acceptors (Lipinski definition) is 5. The summed E-state index contributed by atoms with van der Waals surface area (Å²) in [5, 5.41) is 0.575. The van der Waals surface area contributed by atoms with E-state index in [1.54, 1.807) is 10.9 Å². The summed E-state index contributed by atoms with van der Waals surface area (Å²) in [7, 11) is 0. The van der Waals surface area contributed by atoms with Gasteiger partial charge >= 0.3 is 0 Å². The molecule has 6 heteroatoms. The fourth-order valence-electron chi connectivity index (χ4n) is 4.41. The predicted molar refractivity (Wildman–Crippen MR) is 125 cm³/mol. The van der Waals surface area contributed by atoms with Crippen molar-refractivity contribution >= 4 is 11.0 Å². The van der Waals surface area contributed by atoms with Crippen LogP contribution in [0, 0.1) is 12.8 Å². The minimum absolute atomic E-state index is 0.0891. The normalized spacial score (nSPS) is 16.0. The lowest BCUT2D eigenvalue weighted by Gasteiger charge is -2.20. The number of fused-ring (bicyclic) bond motifs is 2. The molecule has 0 spiro atoms. The number of oxazole rings is 1. The van der Waals surface area contributed by atoms with Crippen LogP contribution in [-0.4, -0.2) is 19.5 Å². The van der Waals surface area contributed by atoms with Crippen molar-refractivity contribution < 1.29 is 4.42 Å². The Morgan fingerprint density at radius 2 is 1.97 bits per heavy atom. The van der Waals surface area contributed by atoms with Crippen molar-refractivity contribution in [1.29, 1.82) is 0 Å². The van der Waals surface area contributed by atoms with E-state index >= 15 is 0 Å². The van der Waals surface area contributed by atoms with Gasteiger partial charge in [0.2, 0.25) is 5.89 Å². The van der Waals surface area contributed by atoms with Crippen LogP contribution in [0.1, 0.15) is 61.4 Å². The van der Waals surface area contributed by atoms with Gasteiger partial charge in [0.15, 0.2) is 5.65 Å². The molecule has 0 N–H and O–H groups in total. The van der Waals surface area contributed by atoms with Crippen molar-refractivity contribution in [2.24, 2.45) is 5.92 Å². The molecule has 1 aromatic carbocycles. The monoisotopic (exact) mass is 428 g/mol. The van der Waals surface area contributed by atoms with Crippen LogP contribution in [0.2, 0.25) is 0 Å². The third kappa shape index (κ3) is 3.74. The highest BCUT2D eigenvalue weighted by Crippen LogP contribution is 2.26. The van der Waals surface area contributed by atoms with E-state index in [2.05, 4.69) is 47.9 Å². The Hall–Kier alpha value is -3.28. The van der Waals surface area contributed by atoms with Crippen LogP contribution in [0.25, 0.3) is 22.5 Å². The fraction of sp³-hybridized carbons (Fsp3) is 0.385. The molecule has 0 amide bonds. The fourth-order valence-corrected chi connectivity index (χ4v) is 4.41. The molecule has 0 bridgehead atoms. The van der Waals surface area contributed by atoms with E-state index in [0.29, 0.717) is 41.1 Å². The van der Waals surface area contributed by atoms with E-state index in [4.69, 9.17) is 4.42 Å². The van der Waals surface area contributed by atoms with Crippen molar-refractivity contribution in [1.82, 2.24) is 19.5 Å². The summed E-state index contributed by atoms with van der Waals surface area (Å²) < 4.78 is 7.52. The first-order valence-corrected chi connectivity index (χ1v) is 11.3. The molecule has 32 heavy (non-hydrogen) atoms. The van der Waals surface area contributed by atoms with Crippen molar-refractivity contribution in [3.8, 4) is 11.5 Å². The van der Waals surface area contributed by atoms with Gasteiger partial charge in [0, 0.05) is 11.3 Å². The highest BCUT2D eigenvalue weighted by atomic mass is 16.4. The van der Waals surface area contributed by atoms with Gasteiger partial charge in [0.25, 0.3) is 5.56 Å². The van der Waals surface area contributed by atoms with Crippen molar-refractivity contribution in [3.63, 3.8) is 0 Å². The highest BCUT2D eigenvalue weighted by molar-refractivity contribution is 5.74. The summed E-state index contributed by atoms with van der Waals surface area (Å²) in [6.45, 7) is 8.78. The lowest BCUT2D eigenvalue weighted by atomic mass is 9.87. The average molecular weight is 429 g/mol. The Kier molecular flexibility index (Phi) is 5.16. The Balaban J connectivity index is 1.47. The van der Waals surface area contributed by atoms with Gasteiger partial charge in [-0.25, -0.2) is 15.0 Å². The van der Waals surface area contributed by atoms with Crippen LogP contribution in [0.5, 0.6) is 0 Å². The maximum absolute atomic E-state index is 13.2. The van der Waals surface area contributed by atoms with Crippen LogP contribution in [0.4, 0.5) is 0 Å². The standard InChI is InChI=1S/C26H28N4O2/c1-15(2)18-6-8-19(9-7-18)25-29-23(17(4)32-25)13-30-14-27-24-21(26(30)31)12-20-11-16(3)5-10-22(20)28-24/h6-9,12,14-16H,5,10-11,13H2,1-4H3. The number of aryl methyl sites for hydroxylation is 2. The summed E-state index contributed by atoms with van der Waals surface area (Å²) in [5.41, 5.74) is 5.64. The minimum Gasteiger partial charge on any atom is -0.441 e. The maximum Gasteiger partial charge on any atom is 0.263 e. The van der Waals surface area contributed by atoms with Gasteiger partial charge in [0.1, 0.15) is 17.8 Å². The molecule has 164 valence electrons. The van der Waals surface area contributed by atoms with Crippen LogP contribution in [0.15, 0.2) is 45.9 Å². The van der Waals surface area contributed by atoms with E-state index in [0.717, 1.165) is 36.2 Å². The largest absolute Gasteiger partial charge is 0.441 e. The molecule has 5 rings (SSSR count). The Bertz CT molecular complexity index is 1350. The summed E-state index contributed by atoms with van der Waals surface area (Å²) in [5.74, 6) is 2.37. The molecule has 3 aromatic heterocycles. The molecule has 0 aliphatic heterocycles. The van der Waals surface area contributed by atoms with Gasteiger partial charge in [-0.15, -0.1) is 0 Å². The third-order valence-electron chi connectivity index (χ3n) is 6.46. The first kappa shape index (κ1) is 20.6. The summed E-state index contributed by atoms with van der Waals surface area (Å²) in [6, 6.07) is 10.3. The van der Waals surface area contributed by atoms with E-state index in [9.17, 15) is 4.79 Å². The second-order valence-corrected chi connectivity index (χ2v) is 9.29. The van der Waals surface area contributed by atoms with Crippen LogP contribution >= 0.6 is 0 Å². The van der Waals surface area contributed by atoms with E-state index in [-0.39, 0.29) is 5.56 Å². The zero-order chi connectivity index (χ0) is 22.4. The number of aromatic nitrogens is 4. The highest BCUT2D eigenvalue weighted by Gasteiger charge is 2.19. The number of hydrogen-bond donors (Lipinski definition) is 0. The molecule has 0 radical (unpaired) electrons. The first-order chi connectivity index (χ1) is 15.4. The molecule has 0 fully saturated rings. The Morgan fingerprint density at radius 3 is 2.72 bits per heavy atom. The summed E-state index contributed by atoms with van der Waals surface area (Å²) >= 11 is 0. The van der Waals surface area contributed by atoms with Crippen LogP contribution in [0.3, 0.4) is 0 Å². The van der Waals surface area contributed by atoms with E-state index < -0.39 is 0 Å². The lowest BCUT2D eigenvalue weighted by Crippen LogP contribution is -2.23. The molecule has 0 saturated heterocycles. The molecule has 0 saturated carbocycles. The summed E-state index contributed by atoms with van der Waals surface area (Å²) in [6.07, 6.45) is 4.63. The Morgan fingerprint density at radius 1 is 1.19 bits per heavy atom. The summed E-state index contributed by atoms with van der Waals surface area (Å²) in [4.78, 5) is 27.1. The minimum atomic E-state index is -0.0891. The van der Waals surface area contributed by atoms with Crippen molar-refractivity contribution in [2.45, 2.75) is 59.4 Å².